The smallest absolute Gasteiger partial charge is 0.165 e. The molecule has 2 aromatic carbocycles. The summed E-state index contributed by atoms with van der Waals surface area (Å²) in [6, 6.07) is 15.6. The molecule has 0 spiro atoms. The van der Waals surface area contributed by atoms with Crippen molar-refractivity contribution in [2.45, 2.75) is 6.04 Å². The number of nitrogens with one attached hydrogen (secondary N) is 1. The van der Waals surface area contributed by atoms with Crippen LogP contribution in [0.4, 0.5) is 4.39 Å². The minimum absolute atomic E-state index is 0.0729. The van der Waals surface area contributed by atoms with Crippen LogP contribution in [0.1, 0.15) is 17.2 Å². The van der Waals surface area contributed by atoms with Crippen molar-refractivity contribution >= 4 is 0 Å². The summed E-state index contributed by atoms with van der Waals surface area (Å²) in [4.78, 5) is 2.40. The van der Waals surface area contributed by atoms with Crippen LogP contribution in [0.3, 0.4) is 0 Å². The fraction of sp³-hybridized carbons (Fsp3) is 0.333. The Morgan fingerprint density at radius 3 is 2.41 bits per heavy atom. The first-order chi connectivity index (χ1) is 10.8. The summed E-state index contributed by atoms with van der Waals surface area (Å²) >= 11 is 0. The maximum absolute atomic E-state index is 14.1. The van der Waals surface area contributed by atoms with E-state index in [-0.39, 0.29) is 17.6 Å². The molecule has 1 heterocycles. The van der Waals surface area contributed by atoms with Crippen molar-refractivity contribution in [2.24, 2.45) is 0 Å². The summed E-state index contributed by atoms with van der Waals surface area (Å²) in [6.45, 7) is 3.82. The number of ether oxygens (including phenoxy) is 1. The number of hydrogen-bond acceptors (Lipinski definition) is 3. The number of halogens is 1. The van der Waals surface area contributed by atoms with Gasteiger partial charge in [0, 0.05) is 26.2 Å². The van der Waals surface area contributed by atoms with Gasteiger partial charge >= 0.3 is 0 Å². The van der Waals surface area contributed by atoms with Crippen LogP contribution in [-0.4, -0.2) is 38.2 Å². The molecule has 0 bridgehead atoms. The largest absolute Gasteiger partial charge is 0.494 e. The van der Waals surface area contributed by atoms with Crippen LogP contribution >= 0.6 is 0 Å². The molecule has 0 aromatic heterocycles. The van der Waals surface area contributed by atoms with E-state index in [1.807, 2.05) is 24.3 Å². The zero-order valence-electron chi connectivity index (χ0n) is 12.8. The van der Waals surface area contributed by atoms with E-state index in [9.17, 15) is 4.39 Å². The number of methoxy groups -OCH3 is 1. The van der Waals surface area contributed by atoms with E-state index in [1.54, 1.807) is 12.1 Å². The molecule has 0 aliphatic carbocycles. The minimum atomic E-state index is -0.309. The molecule has 3 nitrogen and oxygen atoms in total. The number of piperazine rings is 1. The van der Waals surface area contributed by atoms with Crippen molar-refractivity contribution in [2.75, 3.05) is 33.3 Å². The number of rotatable bonds is 4. The summed E-state index contributed by atoms with van der Waals surface area (Å²) in [5.74, 6) is -0.0214. The molecule has 1 fully saturated rings. The van der Waals surface area contributed by atoms with Gasteiger partial charge in [-0.15, -0.1) is 0 Å². The minimum Gasteiger partial charge on any atom is -0.494 e. The number of benzene rings is 2. The first-order valence-electron chi connectivity index (χ1n) is 7.63. The van der Waals surface area contributed by atoms with Crippen molar-refractivity contribution in [3.63, 3.8) is 0 Å². The van der Waals surface area contributed by atoms with Crippen LogP contribution in [0, 0.1) is 5.82 Å². The van der Waals surface area contributed by atoms with Gasteiger partial charge in [0.1, 0.15) is 0 Å². The Morgan fingerprint density at radius 1 is 1.05 bits per heavy atom. The molecule has 0 saturated carbocycles. The van der Waals surface area contributed by atoms with Crippen LogP contribution < -0.4 is 10.1 Å². The van der Waals surface area contributed by atoms with Crippen LogP contribution in [0.15, 0.2) is 48.5 Å². The zero-order valence-corrected chi connectivity index (χ0v) is 12.8. The van der Waals surface area contributed by atoms with Crippen LogP contribution in [0.5, 0.6) is 5.75 Å². The maximum atomic E-state index is 14.1. The summed E-state index contributed by atoms with van der Waals surface area (Å²) in [6.07, 6.45) is 0. The second-order valence-corrected chi connectivity index (χ2v) is 5.49. The average Bonchev–Trinajstić information content (AvgIpc) is 2.57. The lowest BCUT2D eigenvalue weighted by Gasteiger charge is -2.35. The second-order valence-electron chi connectivity index (χ2n) is 5.49. The molecule has 4 heteroatoms. The van der Waals surface area contributed by atoms with Crippen LogP contribution in [0.25, 0.3) is 0 Å². The molecule has 1 aliphatic rings. The SMILES string of the molecule is COc1ccc(C(c2ccccc2)N2CCNCC2)cc1F. The predicted octanol–water partition coefficient (Wildman–Crippen LogP) is 2.83. The van der Waals surface area contributed by atoms with Crippen molar-refractivity contribution in [1.82, 2.24) is 10.2 Å². The standard InChI is InChI=1S/C18H21FN2O/c1-22-17-8-7-15(13-16(17)19)18(14-5-3-2-4-6-14)21-11-9-20-10-12-21/h2-8,13,18,20H,9-12H2,1H3. The van der Waals surface area contributed by atoms with Gasteiger partial charge in [-0.1, -0.05) is 36.4 Å². The van der Waals surface area contributed by atoms with Gasteiger partial charge in [-0.3, -0.25) is 4.90 Å². The van der Waals surface area contributed by atoms with E-state index in [1.165, 1.54) is 12.7 Å². The molecule has 1 saturated heterocycles. The van der Waals surface area contributed by atoms with E-state index in [0.29, 0.717) is 0 Å². The summed E-state index contributed by atoms with van der Waals surface area (Å²) in [5.41, 5.74) is 2.15. The van der Waals surface area contributed by atoms with Gasteiger partial charge in [0.15, 0.2) is 11.6 Å². The van der Waals surface area contributed by atoms with Crippen molar-refractivity contribution in [3.8, 4) is 5.75 Å². The molecule has 0 radical (unpaired) electrons. The quantitative estimate of drug-likeness (QED) is 0.939. The lowest BCUT2D eigenvalue weighted by molar-refractivity contribution is 0.198. The first-order valence-corrected chi connectivity index (χ1v) is 7.63. The highest BCUT2D eigenvalue weighted by Gasteiger charge is 2.24. The molecule has 1 aliphatic heterocycles. The zero-order chi connectivity index (χ0) is 15.4. The van der Waals surface area contributed by atoms with Gasteiger partial charge in [0.25, 0.3) is 0 Å². The van der Waals surface area contributed by atoms with Gasteiger partial charge < -0.3 is 10.1 Å². The average molecular weight is 300 g/mol. The van der Waals surface area contributed by atoms with Crippen molar-refractivity contribution in [3.05, 3.63) is 65.5 Å². The molecular formula is C18H21FN2O. The van der Waals surface area contributed by atoms with E-state index in [4.69, 9.17) is 4.74 Å². The van der Waals surface area contributed by atoms with E-state index >= 15 is 0 Å². The second kappa shape index (κ2) is 6.90. The highest BCUT2D eigenvalue weighted by Crippen LogP contribution is 2.31. The fourth-order valence-electron chi connectivity index (χ4n) is 3.04. The predicted molar refractivity (Wildman–Crippen MR) is 85.7 cm³/mol. The lowest BCUT2D eigenvalue weighted by atomic mass is 9.96. The van der Waals surface area contributed by atoms with E-state index in [0.717, 1.165) is 31.7 Å². The van der Waals surface area contributed by atoms with Gasteiger partial charge in [-0.25, -0.2) is 4.39 Å². The monoisotopic (exact) mass is 300 g/mol. The molecule has 1 atom stereocenters. The molecule has 3 rings (SSSR count). The topological polar surface area (TPSA) is 24.5 Å². The van der Waals surface area contributed by atoms with Crippen LogP contribution in [-0.2, 0) is 0 Å². The Labute approximate surface area is 130 Å². The fourth-order valence-corrected chi connectivity index (χ4v) is 3.04. The highest BCUT2D eigenvalue weighted by atomic mass is 19.1. The third-order valence-corrected chi connectivity index (χ3v) is 4.12. The van der Waals surface area contributed by atoms with E-state index < -0.39 is 0 Å². The Hall–Kier alpha value is -1.91. The Balaban J connectivity index is 1.99. The van der Waals surface area contributed by atoms with Crippen LogP contribution in [0.2, 0.25) is 0 Å². The molecule has 116 valence electrons. The van der Waals surface area contributed by atoms with Gasteiger partial charge in [0.2, 0.25) is 0 Å². The normalized spacial score (nSPS) is 17.2. The summed E-state index contributed by atoms with van der Waals surface area (Å²) in [7, 11) is 1.49. The Bertz CT molecular complexity index is 612. The molecule has 0 amide bonds. The van der Waals surface area contributed by atoms with Gasteiger partial charge in [-0.05, 0) is 23.3 Å². The summed E-state index contributed by atoms with van der Waals surface area (Å²) < 4.78 is 19.2. The third kappa shape index (κ3) is 3.13. The molecule has 1 unspecified atom stereocenters. The van der Waals surface area contributed by atoms with Gasteiger partial charge in [0.05, 0.1) is 13.2 Å². The lowest BCUT2D eigenvalue weighted by Crippen LogP contribution is -2.45. The molecular weight excluding hydrogens is 279 g/mol. The number of nitrogens with zero attached hydrogens (tertiary/aromatic N) is 1. The first kappa shape index (κ1) is 15.0. The maximum Gasteiger partial charge on any atom is 0.165 e. The summed E-state index contributed by atoms with van der Waals surface area (Å²) in [5, 5.41) is 3.37. The molecule has 22 heavy (non-hydrogen) atoms. The molecule has 2 aromatic rings. The number of hydrogen-bond donors (Lipinski definition) is 1. The molecule has 1 N–H and O–H groups in total. The van der Waals surface area contributed by atoms with Crippen molar-refractivity contribution < 1.29 is 9.13 Å². The highest BCUT2D eigenvalue weighted by molar-refractivity contribution is 5.36. The Kier molecular flexibility index (Phi) is 4.71. The Morgan fingerprint density at radius 2 is 1.77 bits per heavy atom. The van der Waals surface area contributed by atoms with E-state index in [2.05, 4.69) is 22.3 Å². The van der Waals surface area contributed by atoms with Gasteiger partial charge in [-0.2, -0.15) is 0 Å². The third-order valence-electron chi connectivity index (χ3n) is 4.12. The van der Waals surface area contributed by atoms with Crippen molar-refractivity contribution in [1.29, 1.82) is 0 Å².